The lowest BCUT2D eigenvalue weighted by Crippen LogP contribution is -2.32. The van der Waals surface area contributed by atoms with Crippen molar-refractivity contribution in [2.24, 2.45) is 11.8 Å². The molecule has 198 valence electrons. The fourth-order valence-corrected chi connectivity index (χ4v) is 5.34. The van der Waals surface area contributed by atoms with E-state index >= 15 is 0 Å². The lowest BCUT2D eigenvalue weighted by molar-refractivity contribution is -0.201. The van der Waals surface area contributed by atoms with Crippen molar-refractivity contribution in [3.05, 3.63) is 60.2 Å². The average Bonchev–Trinajstić information content (AvgIpc) is 3.25. The first-order valence-corrected chi connectivity index (χ1v) is 14.0. The van der Waals surface area contributed by atoms with Gasteiger partial charge in [-0.15, -0.1) is 0 Å². The Labute approximate surface area is 217 Å². The molecule has 1 aliphatic carbocycles. The zero-order chi connectivity index (χ0) is 25.6. The monoisotopic (exact) mass is 496 g/mol. The molecule has 1 aromatic rings. The molecule has 0 radical (unpaired) electrons. The fourth-order valence-electron chi connectivity index (χ4n) is 5.34. The summed E-state index contributed by atoms with van der Waals surface area (Å²) in [6, 6.07) is 10.7. The summed E-state index contributed by atoms with van der Waals surface area (Å²) in [7, 11) is 0. The van der Waals surface area contributed by atoms with Crippen molar-refractivity contribution >= 4 is 11.8 Å². The SMILES string of the molecule is CCCCC(C/C=C/[C@H]1CCC(=O)[C@@H]1C/C=C\CCC(OC1CCCCO1)C(=O)O)c1ccccc1. The molecule has 5 atom stereocenters. The van der Waals surface area contributed by atoms with Crippen molar-refractivity contribution in [1.82, 2.24) is 0 Å². The van der Waals surface area contributed by atoms with Gasteiger partial charge in [0, 0.05) is 18.9 Å². The van der Waals surface area contributed by atoms with E-state index in [1.54, 1.807) is 0 Å². The van der Waals surface area contributed by atoms with Gasteiger partial charge in [0.2, 0.25) is 0 Å². The normalized spacial score (nSPS) is 24.5. The maximum Gasteiger partial charge on any atom is 0.332 e. The van der Waals surface area contributed by atoms with Crippen molar-refractivity contribution in [1.29, 1.82) is 0 Å². The van der Waals surface area contributed by atoms with Crippen LogP contribution >= 0.6 is 0 Å². The second-order valence-electron chi connectivity index (χ2n) is 10.2. The molecule has 1 aromatic carbocycles. The number of aliphatic carboxylic acids is 1. The van der Waals surface area contributed by atoms with E-state index in [4.69, 9.17) is 9.47 Å². The number of carbonyl (C=O) groups is 2. The minimum atomic E-state index is -0.943. The van der Waals surface area contributed by atoms with Gasteiger partial charge in [0.1, 0.15) is 5.78 Å². The van der Waals surface area contributed by atoms with Gasteiger partial charge in [0.15, 0.2) is 12.4 Å². The van der Waals surface area contributed by atoms with Gasteiger partial charge in [-0.2, -0.15) is 0 Å². The fraction of sp³-hybridized carbons (Fsp3) is 0.613. The van der Waals surface area contributed by atoms with Crippen LogP contribution in [0.3, 0.4) is 0 Å². The third-order valence-corrected chi connectivity index (χ3v) is 7.52. The summed E-state index contributed by atoms with van der Waals surface area (Å²) < 4.78 is 11.2. The van der Waals surface area contributed by atoms with E-state index in [0.29, 0.717) is 43.5 Å². The Morgan fingerprint density at radius 3 is 2.69 bits per heavy atom. The Bertz CT molecular complexity index is 840. The molecule has 0 spiro atoms. The van der Waals surface area contributed by atoms with Gasteiger partial charge in [0.25, 0.3) is 0 Å². The molecule has 36 heavy (non-hydrogen) atoms. The van der Waals surface area contributed by atoms with E-state index in [1.807, 2.05) is 6.08 Å². The number of carboxylic acids is 1. The average molecular weight is 497 g/mol. The van der Waals surface area contributed by atoms with Crippen LogP contribution in [0, 0.1) is 11.8 Å². The summed E-state index contributed by atoms with van der Waals surface area (Å²) in [6.07, 6.45) is 18.1. The molecule has 3 unspecified atom stereocenters. The van der Waals surface area contributed by atoms with Gasteiger partial charge in [-0.1, -0.05) is 74.4 Å². The summed E-state index contributed by atoms with van der Waals surface area (Å²) in [4.78, 5) is 24.1. The molecule has 3 rings (SSSR count). The van der Waals surface area contributed by atoms with Gasteiger partial charge >= 0.3 is 5.97 Å². The van der Waals surface area contributed by atoms with Crippen molar-refractivity contribution in [2.45, 2.75) is 102 Å². The number of benzene rings is 1. The molecule has 1 saturated carbocycles. The molecular formula is C31H44O5. The number of unbranched alkanes of at least 4 members (excludes halogenated alkanes) is 1. The lowest BCUT2D eigenvalue weighted by Gasteiger charge is -2.25. The van der Waals surface area contributed by atoms with Crippen LogP contribution in [0.4, 0.5) is 0 Å². The molecule has 0 bridgehead atoms. The molecule has 2 aliphatic rings. The number of allylic oxidation sites excluding steroid dienone is 4. The van der Waals surface area contributed by atoms with Crippen LogP contribution in [0.1, 0.15) is 95.5 Å². The van der Waals surface area contributed by atoms with Crippen molar-refractivity contribution in [3.63, 3.8) is 0 Å². The van der Waals surface area contributed by atoms with E-state index in [0.717, 1.165) is 38.5 Å². The van der Waals surface area contributed by atoms with E-state index in [2.05, 4.69) is 55.5 Å². The molecule has 1 heterocycles. The number of hydrogen-bond donors (Lipinski definition) is 1. The van der Waals surface area contributed by atoms with E-state index < -0.39 is 18.4 Å². The van der Waals surface area contributed by atoms with Crippen LogP contribution in [-0.2, 0) is 19.1 Å². The molecule has 1 aliphatic heterocycles. The number of Topliss-reactive ketones (excluding diaryl/α,β-unsaturated/α-hetero) is 1. The third kappa shape index (κ3) is 9.33. The quantitative estimate of drug-likeness (QED) is 0.259. The Hall–Kier alpha value is -2.24. The Balaban J connectivity index is 1.46. The minimum Gasteiger partial charge on any atom is -0.479 e. The van der Waals surface area contributed by atoms with E-state index in [9.17, 15) is 14.7 Å². The summed E-state index contributed by atoms with van der Waals surface area (Å²) in [6.45, 7) is 2.87. The number of ketones is 1. The highest BCUT2D eigenvalue weighted by molar-refractivity contribution is 5.83. The molecule has 1 N–H and O–H groups in total. The zero-order valence-corrected chi connectivity index (χ0v) is 21.9. The predicted molar refractivity (Wildman–Crippen MR) is 143 cm³/mol. The van der Waals surface area contributed by atoms with Gasteiger partial charge < -0.3 is 14.6 Å². The Morgan fingerprint density at radius 2 is 1.97 bits per heavy atom. The molecule has 1 saturated heterocycles. The van der Waals surface area contributed by atoms with Crippen molar-refractivity contribution in [3.8, 4) is 0 Å². The van der Waals surface area contributed by atoms with Gasteiger partial charge in [-0.3, -0.25) is 4.79 Å². The topological polar surface area (TPSA) is 72.8 Å². The van der Waals surface area contributed by atoms with Crippen LogP contribution in [0.15, 0.2) is 54.6 Å². The minimum absolute atomic E-state index is 0.0328. The Morgan fingerprint density at radius 1 is 1.14 bits per heavy atom. The van der Waals surface area contributed by atoms with Gasteiger partial charge in [0.05, 0.1) is 0 Å². The molecular weight excluding hydrogens is 452 g/mol. The van der Waals surface area contributed by atoms with Gasteiger partial charge in [-0.05, 0) is 75.2 Å². The highest BCUT2D eigenvalue weighted by Crippen LogP contribution is 2.34. The second kappa shape index (κ2) is 15.8. The first-order valence-electron chi connectivity index (χ1n) is 14.0. The number of ether oxygens (including phenoxy) is 2. The molecule has 0 amide bonds. The van der Waals surface area contributed by atoms with Crippen LogP contribution < -0.4 is 0 Å². The van der Waals surface area contributed by atoms with Crippen LogP contribution in [0.25, 0.3) is 0 Å². The smallest absolute Gasteiger partial charge is 0.332 e. The number of carboxylic acid groups (broad SMARTS) is 1. The predicted octanol–water partition coefficient (Wildman–Crippen LogP) is 7.22. The first-order chi connectivity index (χ1) is 17.6. The highest BCUT2D eigenvalue weighted by Gasteiger charge is 2.32. The zero-order valence-electron chi connectivity index (χ0n) is 21.9. The van der Waals surface area contributed by atoms with Gasteiger partial charge in [-0.25, -0.2) is 4.79 Å². The maximum absolute atomic E-state index is 12.5. The van der Waals surface area contributed by atoms with Crippen molar-refractivity contribution < 1.29 is 24.2 Å². The highest BCUT2D eigenvalue weighted by atomic mass is 16.7. The van der Waals surface area contributed by atoms with Crippen molar-refractivity contribution in [2.75, 3.05) is 6.61 Å². The first kappa shape index (κ1) is 28.3. The van der Waals surface area contributed by atoms with E-state index in [-0.39, 0.29) is 5.92 Å². The standard InChI is InChI=1S/C31H44O5/c1-2-3-13-24(25-14-6-4-7-15-25)16-12-17-26-21-22-28(32)27(26)18-8-5-9-19-29(31(33)34)36-30-20-10-11-23-35-30/h4-8,12,14-15,17,24,26-27,29-30H,2-3,9-11,13,16,18-23H2,1H3,(H,33,34)/b8-5-,17-12+/t24?,26-,27+,29?,30?/m0/s1. The maximum atomic E-state index is 12.5. The summed E-state index contributed by atoms with van der Waals surface area (Å²) in [5.74, 6) is 0.262. The van der Waals surface area contributed by atoms with E-state index in [1.165, 1.54) is 24.8 Å². The second-order valence-corrected chi connectivity index (χ2v) is 10.2. The number of hydrogen-bond acceptors (Lipinski definition) is 4. The summed E-state index contributed by atoms with van der Waals surface area (Å²) in [5.41, 5.74) is 1.40. The van der Waals surface area contributed by atoms with Crippen LogP contribution in [0.2, 0.25) is 0 Å². The molecule has 5 nitrogen and oxygen atoms in total. The lowest BCUT2D eigenvalue weighted by atomic mass is 9.88. The summed E-state index contributed by atoms with van der Waals surface area (Å²) >= 11 is 0. The number of rotatable bonds is 15. The molecule has 2 fully saturated rings. The Kier molecular flexibility index (Phi) is 12.4. The summed E-state index contributed by atoms with van der Waals surface area (Å²) in [5, 5.41) is 9.49. The van der Waals surface area contributed by atoms with Crippen LogP contribution in [-0.4, -0.2) is 35.9 Å². The largest absolute Gasteiger partial charge is 0.479 e. The number of carbonyl (C=O) groups excluding carboxylic acids is 1. The molecule has 0 aromatic heterocycles. The molecule has 5 heteroatoms. The van der Waals surface area contributed by atoms with Crippen LogP contribution in [0.5, 0.6) is 0 Å². The third-order valence-electron chi connectivity index (χ3n) is 7.52.